The van der Waals surface area contributed by atoms with Gasteiger partial charge in [0.15, 0.2) is 0 Å². The quantitative estimate of drug-likeness (QED) is 0.778. The van der Waals surface area contributed by atoms with Gasteiger partial charge in [-0.2, -0.15) is 0 Å². The molecule has 1 aromatic heterocycles. The SMILES string of the molecule is CC[Si](CC)(CC)c1occ(N)c1C. The molecule has 3 heteroatoms. The van der Waals surface area contributed by atoms with Gasteiger partial charge in [0.2, 0.25) is 0 Å². The molecule has 0 saturated carbocycles. The molecule has 0 saturated heterocycles. The molecule has 0 fully saturated rings. The van der Waals surface area contributed by atoms with Crippen LogP contribution in [0, 0.1) is 6.92 Å². The van der Waals surface area contributed by atoms with Crippen molar-refractivity contribution in [1.82, 2.24) is 0 Å². The van der Waals surface area contributed by atoms with Gasteiger partial charge >= 0.3 is 0 Å². The summed E-state index contributed by atoms with van der Waals surface area (Å²) in [4.78, 5) is 0. The van der Waals surface area contributed by atoms with E-state index in [2.05, 4.69) is 27.7 Å². The molecule has 2 N–H and O–H groups in total. The number of anilines is 1. The number of hydrogen-bond acceptors (Lipinski definition) is 2. The van der Waals surface area contributed by atoms with E-state index in [1.807, 2.05) is 0 Å². The molecular formula is C11H21NOSi. The number of hydrogen-bond donors (Lipinski definition) is 1. The van der Waals surface area contributed by atoms with Crippen LogP contribution in [0.15, 0.2) is 10.7 Å². The maximum absolute atomic E-state index is 5.83. The minimum Gasteiger partial charge on any atom is -0.472 e. The molecule has 1 aromatic rings. The molecule has 0 amide bonds. The molecule has 2 nitrogen and oxygen atoms in total. The van der Waals surface area contributed by atoms with Crippen LogP contribution in [0.25, 0.3) is 0 Å². The molecule has 0 aliphatic heterocycles. The van der Waals surface area contributed by atoms with E-state index >= 15 is 0 Å². The van der Waals surface area contributed by atoms with E-state index in [1.54, 1.807) is 6.26 Å². The van der Waals surface area contributed by atoms with Crippen molar-refractivity contribution in [2.24, 2.45) is 0 Å². The van der Waals surface area contributed by atoms with Gasteiger partial charge in [-0.25, -0.2) is 0 Å². The Bertz CT molecular complexity index is 294. The van der Waals surface area contributed by atoms with Crippen LogP contribution in [-0.4, -0.2) is 8.07 Å². The molecule has 1 heterocycles. The van der Waals surface area contributed by atoms with E-state index < -0.39 is 8.07 Å². The van der Waals surface area contributed by atoms with Gasteiger partial charge in [-0.05, 0) is 6.92 Å². The van der Waals surface area contributed by atoms with Gasteiger partial charge in [0.05, 0.1) is 11.1 Å². The molecule has 0 atom stereocenters. The van der Waals surface area contributed by atoms with Gasteiger partial charge in [-0.15, -0.1) is 0 Å². The second-order valence-electron chi connectivity index (χ2n) is 3.99. The molecule has 0 aliphatic carbocycles. The van der Waals surface area contributed by atoms with Crippen molar-refractivity contribution in [2.75, 3.05) is 5.73 Å². The highest BCUT2D eigenvalue weighted by molar-refractivity contribution is 6.91. The van der Waals surface area contributed by atoms with E-state index in [0.717, 1.165) is 5.69 Å². The fraction of sp³-hybridized carbons (Fsp3) is 0.636. The third-order valence-corrected chi connectivity index (χ3v) is 9.11. The first kappa shape index (κ1) is 11.4. The van der Waals surface area contributed by atoms with Crippen LogP contribution in [0.4, 0.5) is 5.69 Å². The standard InChI is InChI=1S/C11H21NOSi/c1-5-14(6-2,7-3)11-9(4)10(12)8-13-11/h8H,5-7,12H2,1-4H3. The monoisotopic (exact) mass is 211 g/mol. The third kappa shape index (κ3) is 1.61. The summed E-state index contributed by atoms with van der Waals surface area (Å²) < 4.78 is 5.67. The van der Waals surface area contributed by atoms with Crippen LogP contribution in [0.2, 0.25) is 18.1 Å². The van der Waals surface area contributed by atoms with Crippen molar-refractivity contribution in [3.05, 3.63) is 11.8 Å². The molecule has 1 rings (SSSR count). The van der Waals surface area contributed by atoms with E-state index in [1.165, 1.54) is 29.1 Å². The first-order valence-corrected chi connectivity index (χ1v) is 8.07. The number of nitrogens with two attached hydrogens (primary N) is 1. The maximum atomic E-state index is 5.83. The van der Waals surface area contributed by atoms with Crippen LogP contribution < -0.4 is 11.1 Å². The predicted octanol–water partition coefficient (Wildman–Crippen LogP) is 2.89. The van der Waals surface area contributed by atoms with Crippen LogP contribution in [0.5, 0.6) is 0 Å². The smallest absolute Gasteiger partial charge is 0.132 e. The highest BCUT2D eigenvalue weighted by Gasteiger charge is 2.34. The molecule has 0 aliphatic rings. The lowest BCUT2D eigenvalue weighted by molar-refractivity contribution is 0.595. The second kappa shape index (κ2) is 4.21. The maximum Gasteiger partial charge on any atom is 0.132 e. The number of nitrogen functional groups attached to an aromatic ring is 1. The molecule has 0 spiro atoms. The Hall–Kier alpha value is -0.703. The van der Waals surface area contributed by atoms with E-state index in [0.29, 0.717) is 0 Å². The zero-order valence-electron chi connectivity index (χ0n) is 9.68. The number of rotatable bonds is 4. The van der Waals surface area contributed by atoms with Gasteiger partial charge in [0, 0.05) is 5.56 Å². The van der Waals surface area contributed by atoms with Crippen molar-refractivity contribution in [3.8, 4) is 0 Å². The lowest BCUT2D eigenvalue weighted by Crippen LogP contribution is -2.46. The van der Waals surface area contributed by atoms with Gasteiger partial charge < -0.3 is 10.2 Å². The zero-order valence-corrected chi connectivity index (χ0v) is 10.7. The topological polar surface area (TPSA) is 39.2 Å². The van der Waals surface area contributed by atoms with E-state index in [-0.39, 0.29) is 0 Å². The average molecular weight is 211 g/mol. The summed E-state index contributed by atoms with van der Waals surface area (Å²) in [5, 5.41) is 1.22. The summed E-state index contributed by atoms with van der Waals surface area (Å²) in [6.45, 7) is 8.91. The summed E-state index contributed by atoms with van der Waals surface area (Å²) in [6, 6.07) is 3.73. The first-order chi connectivity index (χ1) is 6.61. The minimum atomic E-state index is -1.36. The molecule has 80 valence electrons. The molecule has 0 radical (unpaired) electrons. The lowest BCUT2D eigenvalue weighted by Gasteiger charge is -2.26. The molecule has 0 bridgehead atoms. The summed E-state index contributed by atoms with van der Waals surface area (Å²) in [7, 11) is -1.36. The van der Waals surface area contributed by atoms with Crippen molar-refractivity contribution in [1.29, 1.82) is 0 Å². The fourth-order valence-corrected chi connectivity index (χ4v) is 5.90. The largest absolute Gasteiger partial charge is 0.472 e. The van der Waals surface area contributed by atoms with Crippen molar-refractivity contribution in [3.63, 3.8) is 0 Å². The van der Waals surface area contributed by atoms with Gasteiger partial charge in [0.25, 0.3) is 0 Å². The Balaban J connectivity index is 3.17. The first-order valence-electron chi connectivity index (χ1n) is 5.45. The Morgan fingerprint density at radius 2 is 1.71 bits per heavy atom. The van der Waals surface area contributed by atoms with Crippen LogP contribution >= 0.6 is 0 Å². The Kier molecular flexibility index (Phi) is 3.42. The summed E-state index contributed by atoms with van der Waals surface area (Å²) in [6.07, 6.45) is 1.70. The fourth-order valence-electron chi connectivity index (χ4n) is 2.18. The predicted molar refractivity (Wildman–Crippen MR) is 64.7 cm³/mol. The van der Waals surface area contributed by atoms with Crippen molar-refractivity contribution >= 4 is 19.1 Å². The van der Waals surface area contributed by atoms with Crippen molar-refractivity contribution < 1.29 is 4.42 Å². The molecule has 0 aromatic carbocycles. The Labute approximate surface area is 87.5 Å². The summed E-state index contributed by atoms with van der Waals surface area (Å²) in [5.74, 6) is 0. The highest BCUT2D eigenvalue weighted by Crippen LogP contribution is 2.24. The third-order valence-electron chi connectivity index (χ3n) is 3.59. The number of furan rings is 1. The van der Waals surface area contributed by atoms with Crippen LogP contribution in [0.1, 0.15) is 26.3 Å². The Morgan fingerprint density at radius 3 is 2.00 bits per heavy atom. The van der Waals surface area contributed by atoms with E-state index in [4.69, 9.17) is 10.2 Å². The van der Waals surface area contributed by atoms with Gasteiger partial charge in [-0.3, -0.25) is 0 Å². The summed E-state index contributed by atoms with van der Waals surface area (Å²) >= 11 is 0. The van der Waals surface area contributed by atoms with Crippen LogP contribution in [0.3, 0.4) is 0 Å². The van der Waals surface area contributed by atoms with Crippen molar-refractivity contribution in [2.45, 2.75) is 45.8 Å². The van der Waals surface area contributed by atoms with Gasteiger partial charge in [0.1, 0.15) is 14.3 Å². The average Bonchev–Trinajstić information content (AvgIpc) is 2.54. The highest BCUT2D eigenvalue weighted by atomic mass is 28.3. The summed E-state index contributed by atoms with van der Waals surface area (Å²) in [5.41, 5.74) is 7.82. The molecule has 0 unspecified atom stereocenters. The van der Waals surface area contributed by atoms with E-state index in [9.17, 15) is 0 Å². The van der Waals surface area contributed by atoms with Crippen LogP contribution in [-0.2, 0) is 0 Å². The minimum absolute atomic E-state index is 0.812. The Morgan fingerprint density at radius 1 is 1.21 bits per heavy atom. The molecule has 14 heavy (non-hydrogen) atoms. The second-order valence-corrected chi connectivity index (χ2v) is 9.12. The normalized spacial score (nSPS) is 12.0. The lowest BCUT2D eigenvalue weighted by atomic mass is 10.3. The van der Waals surface area contributed by atoms with Gasteiger partial charge in [-0.1, -0.05) is 38.9 Å². The zero-order chi connectivity index (χ0) is 10.8. The molecular weight excluding hydrogens is 190 g/mol.